The monoisotopic (exact) mass is 401 g/mol. The first-order valence-corrected chi connectivity index (χ1v) is 10.8. The van der Waals surface area contributed by atoms with E-state index in [1.54, 1.807) is 0 Å². The molecule has 3 aliphatic rings. The van der Waals surface area contributed by atoms with E-state index >= 15 is 0 Å². The van der Waals surface area contributed by atoms with Crippen LogP contribution in [0.1, 0.15) is 18.4 Å². The Morgan fingerprint density at radius 3 is 2.57 bits per heavy atom. The highest BCUT2D eigenvalue weighted by Crippen LogP contribution is 2.37. The van der Waals surface area contributed by atoms with Crippen LogP contribution in [-0.2, 0) is 17.9 Å². The van der Waals surface area contributed by atoms with Crippen LogP contribution in [0.3, 0.4) is 0 Å². The number of aromatic nitrogens is 3. The topological polar surface area (TPSA) is 63.1 Å². The number of nitrogens with zero attached hydrogens (tertiary/aromatic N) is 4. The van der Waals surface area contributed by atoms with Crippen molar-refractivity contribution in [2.45, 2.75) is 32.0 Å². The fraction of sp³-hybridized carbons (Fsp3) is 0.375. The van der Waals surface area contributed by atoms with Crippen molar-refractivity contribution in [2.75, 3.05) is 13.1 Å². The van der Waals surface area contributed by atoms with Gasteiger partial charge >= 0.3 is 0 Å². The van der Waals surface area contributed by atoms with Gasteiger partial charge in [0.05, 0.1) is 18.7 Å². The largest absolute Gasteiger partial charge is 0.352 e. The molecule has 6 rings (SSSR count). The van der Waals surface area contributed by atoms with E-state index in [1.807, 2.05) is 47.3 Å². The number of piperidine rings is 3. The summed E-state index contributed by atoms with van der Waals surface area (Å²) in [5, 5.41) is 11.8. The fourth-order valence-electron chi connectivity index (χ4n) is 4.89. The molecule has 1 unspecified atom stereocenters. The molecule has 0 spiro atoms. The van der Waals surface area contributed by atoms with Crippen molar-refractivity contribution in [3.8, 4) is 11.3 Å². The predicted octanol–water partition coefficient (Wildman–Crippen LogP) is 2.97. The molecule has 0 aliphatic carbocycles. The average Bonchev–Trinajstić information content (AvgIpc) is 3.28. The second kappa shape index (κ2) is 8.40. The molecule has 4 atom stereocenters. The molecule has 1 amide bonds. The quantitative estimate of drug-likeness (QED) is 0.690. The molecule has 1 aromatic heterocycles. The number of amides is 1. The zero-order valence-corrected chi connectivity index (χ0v) is 17.0. The van der Waals surface area contributed by atoms with Crippen LogP contribution in [0.15, 0.2) is 66.9 Å². The number of hydrogen-bond acceptors (Lipinski definition) is 4. The Bertz CT molecular complexity index is 987. The van der Waals surface area contributed by atoms with Gasteiger partial charge in [-0.05, 0) is 30.9 Å². The zero-order valence-electron chi connectivity index (χ0n) is 17.0. The lowest BCUT2D eigenvalue weighted by atomic mass is 9.75. The minimum absolute atomic E-state index is 0.0920. The van der Waals surface area contributed by atoms with E-state index in [4.69, 9.17) is 0 Å². The van der Waals surface area contributed by atoms with Gasteiger partial charge in [-0.3, -0.25) is 14.4 Å². The van der Waals surface area contributed by atoms with Crippen LogP contribution in [0.5, 0.6) is 0 Å². The highest BCUT2D eigenvalue weighted by Gasteiger charge is 2.43. The predicted molar refractivity (Wildman–Crippen MR) is 115 cm³/mol. The van der Waals surface area contributed by atoms with Gasteiger partial charge in [-0.2, -0.15) is 0 Å². The zero-order chi connectivity index (χ0) is 20.3. The molecular weight excluding hydrogens is 374 g/mol. The van der Waals surface area contributed by atoms with Gasteiger partial charge in [0.1, 0.15) is 5.69 Å². The number of hydrogen-bond donors (Lipinski definition) is 1. The van der Waals surface area contributed by atoms with Gasteiger partial charge < -0.3 is 5.32 Å². The van der Waals surface area contributed by atoms with Gasteiger partial charge in [-0.25, -0.2) is 0 Å². The van der Waals surface area contributed by atoms with Crippen LogP contribution in [0, 0.1) is 11.8 Å². The molecule has 6 heteroatoms. The van der Waals surface area contributed by atoms with E-state index in [2.05, 4.69) is 44.8 Å². The Morgan fingerprint density at radius 1 is 1.07 bits per heavy atom. The summed E-state index contributed by atoms with van der Waals surface area (Å²) < 4.78 is 1.96. The van der Waals surface area contributed by atoms with Crippen molar-refractivity contribution < 1.29 is 4.79 Å². The summed E-state index contributed by atoms with van der Waals surface area (Å²) in [6.07, 6.45) is 4.18. The standard InChI is InChI=1S/C24H27N5O/c30-24(25-14-18-7-3-1-4-8-18)22-16-28-12-11-20(22)13-21(28)15-29-17-23(26-27-29)19-9-5-2-6-10-19/h1-10,17,20-22H,11-16H2,(H,25,30)/t20-,21-,22+/m1/s1. The van der Waals surface area contributed by atoms with E-state index in [1.165, 1.54) is 0 Å². The molecule has 6 nitrogen and oxygen atoms in total. The molecule has 0 saturated carbocycles. The third-order valence-electron chi connectivity index (χ3n) is 6.53. The van der Waals surface area contributed by atoms with Gasteiger partial charge in [-0.15, -0.1) is 5.10 Å². The molecular formula is C24H27N5O. The number of nitrogens with one attached hydrogen (secondary N) is 1. The van der Waals surface area contributed by atoms with Crippen molar-refractivity contribution in [1.82, 2.24) is 25.2 Å². The van der Waals surface area contributed by atoms with Crippen LogP contribution in [0.2, 0.25) is 0 Å². The molecule has 1 N–H and O–H groups in total. The van der Waals surface area contributed by atoms with Gasteiger partial charge in [0.15, 0.2) is 0 Å². The van der Waals surface area contributed by atoms with Crippen LogP contribution in [0.25, 0.3) is 11.3 Å². The Balaban J connectivity index is 1.19. The third kappa shape index (κ3) is 4.00. The number of carbonyl (C=O) groups is 1. The molecule has 30 heavy (non-hydrogen) atoms. The first-order valence-electron chi connectivity index (χ1n) is 10.8. The van der Waals surface area contributed by atoms with Crippen molar-refractivity contribution >= 4 is 5.91 Å². The summed E-state index contributed by atoms with van der Waals surface area (Å²) in [5.41, 5.74) is 3.14. The number of fused-ring (bicyclic) bond motifs is 3. The Morgan fingerprint density at radius 2 is 1.83 bits per heavy atom. The lowest BCUT2D eigenvalue weighted by Crippen LogP contribution is -2.57. The lowest BCUT2D eigenvalue weighted by Gasteiger charge is -2.49. The molecule has 154 valence electrons. The molecule has 3 saturated heterocycles. The highest BCUT2D eigenvalue weighted by atomic mass is 16.1. The van der Waals surface area contributed by atoms with E-state index in [-0.39, 0.29) is 11.8 Å². The van der Waals surface area contributed by atoms with Crippen LogP contribution >= 0.6 is 0 Å². The minimum atomic E-state index is 0.0920. The van der Waals surface area contributed by atoms with Crippen LogP contribution < -0.4 is 5.32 Å². The smallest absolute Gasteiger partial charge is 0.224 e. The Hall–Kier alpha value is -2.99. The Kier molecular flexibility index (Phi) is 5.32. The summed E-state index contributed by atoms with van der Waals surface area (Å²) in [5.74, 6) is 0.737. The maximum atomic E-state index is 12.8. The van der Waals surface area contributed by atoms with Crippen molar-refractivity contribution in [1.29, 1.82) is 0 Å². The molecule has 0 radical (unpaired) electrons. The first-order chi connectivity index (χ1) is 14.8. The number of carbonyl (C=O) groups excluding carboxylic acids is 1. The molecule has 4 heterocycles. The second-order valence-electron chi connectivity index (χ2n) is 8.43. The van der Waals surface area contributed by atoms with E-state index in [9.17, 15) is 4.79 Å². The number of rotatable bonds is 6. The summed E-state index contributed by atoms with van der Waals surface area (Å²) >= 11 is 0. The maximum absolute atomic E-state index is 12.8. The van der Waals surface area contributed by atoms with Gasteiger partial charge in [0, 0.05) is 24.7 Å². The van der Waals surface area contributed by atoms with Crippen molar-refractivity contribution in [3.63, 3.8) is 0 Å². The second-order valence-corrected chi connectivity index (χ2v) is 8.43. The third-order valence-corrected chi connectivity index (χ3v) is 6.53. The summed E-state index contributed by atoms with van der Waals surface area (Å²) in [7, 11) is 0. The number of benzene rings is 2. The fourth-order valence-corrected chi connectivity index (χ4v) is 4.89. The molecule has 3 aliphatic heterocycles. The summed E-state index contributed by atoms with van der Waals surface area (Å²) in [6, 6.07) is 20.7. The van der Waals surface area contributed by atoms with Crippen molar-refractivity contribution in [3.05, 3.63) is 72.4 Å². The van der Waals surface area contributed by atoms with Gasteiger partial charge in [0.25, 0.3) is 0 Å². The molecule has 2 bridgehead atoms. The van der Waals surface area contributed by atoms with E-state index in [0.29, 0.717) is 18.5 Å². The summed E-state index contributed by atoms with van der Waals surface area (Å²) in [4.78, 5) is 15.3. The lowest BCUT2D eigenvalue weighted by molar-refractivity contribution is -0.133. The molecule has 2 aromatic carbocycles. The van der Waals surface area contributed by atoms with Crippen LogP contribution in [0.4, 0.5) is 0 Å². The Labute approximate surface area is 176 Å². The van der Waals surface area contributed by atoms with Gasteiger partial charge in [0.2, 0.25) is 5.91 Å². The first kappa shape index (κ1) is 19.0. The van der Waals surface area contributed by atoms with Gasteiger partial charge in [-0.1, -0.05) is 65.9 Å². The van der Waals surface area contributed by atoms with E-state index in [0.717, 1.165) is 49.3 Å². The van der Waals surface area contributed by atoms with E-state index < -0.39 is 0 Å². The molecule has 3 fully saturated rings. The normalized spacial score (nSPS) is 25.2. The minimum Gasteiger partial charge on any atom is -0.352 e. The average molecular weight is 402 g/mol. The van der Waals surface area contributed by atoms with Crippen molar-refractivity contribution in [2.24, 2.45) is 11.8 Å². The maximum Gasteiger partial charge on any atom is 0.224 e. The molecule has 3 aromatic rings. The summed E-state index contributed by atoms with van der Waals surface area (Å²) in [6.45, 7) is 3.34. The SMILES string of the molecule is O=C(NCc1ccccc1)[C@H]1CN2CC[C@@H]1C[C@@H]2Cn1cc(-c2ccccc2)nn1. The highest BCUT2D eigenvalue weighted by molar-refractivity contribution is 5.79. The van der Waals surface area contributed by atoms with Crippen LogP contribution in [-0.4, -0.2) is 44.9 Å².